The molecular weight excluding hydrogens is 261 g/mol. The van der Waals surface area contributed by atoms with Crippen LogP contribution in [0.2, 0.25) is 0 Å². The lowest BCUT2D eigenvalue weighted by Gasteiger charge is -2.14. The van der Waals surface area contributed by atoms with Gasteiger partial charge in [0.2, 0.25) is 0 Å². The van der Waals surface area contributed by atoms with Crippen molar-refractivity contribution in [2.24, 2.45) is 0 Å². The molecule has 1 heterocycles. The predicted molar refractivity (Wildman–Crippen MR) is 70.9 cm³/mol. The Bertz CT molecular complexity index is 584. The number of nitrogens with zero attached hydrogens (tertiary/aromatic N) is 2. The van der Waals surface area contributed by atoms with Crippen LogP contribution >= 0.6 is 0 Å². The molecule has 1 atom stereocenters. The van der Waals surface area contributed by atoms with E-state index in [0.29, 0.717) is 5.56 Å². The summed E-state index contributed by atoms with van der Waals surface area (Å²) in [6.45, 7) is 1.81. The van der Waals surface area contributed by atoms with Crippen LogP contribution in [0.1, 0.15) is 28.9 Å². The van der Waals surface area contributed by atoms with E-state index >= 15 is 0 Å². The molecule has 104 valence electrons. The number of rotatable bonds is 4. The minimum absolute atomic E-state index is 0.202. The molecule has 0 radical (unpaired) electrons. The summed E-state index contributed by atoms with van der Waals surface area (Å²) in [5, 5.41) is 2.79. The summed E-state index contributed by atoms with van der Waals surface area (Å²) in [6, 6.07) is 5.93. The Hall–Kier alpha value is -2.50. The maximum atomic E-state index is 12.8. The minimum Gasteiger partial charge on any atom is -0.467 e. The summed E-state index contributed by atoms with van der Waals surface area (Å²) in [5.74, 6) is -0.611. The molecule has 0 bridgehead atoms. The average molecular weight is 275 g/mol. The van der Waals surface area contributed by atoms with E-state index in [1.165, 1.54) is 31.6 Å². The predicted octanol–water partition coefficient (Wildman–Crippen LogP) is 2.12. The highest BCUT2D eigenvalue weighted by molar-refractivity contribution is 5.93. The van der Waals surface area contributed by atoms with Crippen LogP contribution in [0, 0.1) is 5.82 Å². The van der Waals surface area contributed by atoms with Crippen molar-refractivity contribution in [3.63, 3.8) is 0 Å². The molecule has 0 aliphatic carbocycles. The number of carbonyl (C=O) groups excluding carboxylic acids is 1. The fourth-order valence-corrected chi connectivity index (χ4v) is 1.65. The zero-order chi connectivity index (χ0) is 14.5. The Morgan fingerprint density at radius 1 is 1.25 bits per heavy atom. The molecule has 0 fully saturated rings. The molecule has 0 saturated carbocycles. The molecule has 2 rings (SSSR count). The van der Waals surface area contributed by atoms with Crippen LogP contribution in [0.25, 0.3) is 0 Å². The number of amides is 1. The van der Waals surface area contributed by atoms with Gasteiger partial charge in [-0.15, -0.1) is 0 Å². The lowest BCUT2D eigenvalue weighted by molar-refractivity contribution is 0.0939. The molecule has 5 nitrogen and oxygen atoms in total. The molecule has 1 unspecified atom stereocenters. The van der Waals surface area contributed by atoms with E-state index in [2.05, 4.69) is 15.3 Å². The van der Waals surface area contributed by atoms with Crippen molar-refractivity contribution in [2.75, 3.05) is 7.11 Å². The maximum absolute atomic E-state index is 12.8. The van der Waals surface area contributed by atoms with E-state index in [1.54, 1.807) is 12.1 Å². The van der Waals surface area contributed by atoms with Gasteiger partial charge in [0.05, 0.1) is 18.7 Å². The average Bonchev–Trinajstić information content (AvgIpc) is 2.48. The first-order chi connectivity index (χ1) is 9.60. The number of nitrogens with one attached hydrogen (secondary N) is 1. The largest absolute Gasteiger partial charge is 0.467 e. The maximum Gasteiger partial charge on any atom is 0.316 e. The summed E-state index contributed by atoms with van der Waals surface area (Å²) in [7, 11) is 1.45. The number of ether oxygens (including phenoxy) is 1. The van der Waals surface area contributed by atoms with E-state index < -0.39 is 0 Å². The van der Waals surface area contributed by atoms with Crippen LogP contribution in [-0.2, 0) is 0 Å². The van der Waals surface area contributed by atoms with Crippen LogP contribution in [0.3, 0.4) is 0 Å². The second kappa shape index (κ2) is 6.10. The summed E-state index contributed by atoms with van der Waals surface area (Å²) in [4.78, 5) is 19.7. The fourth-order valence-electron chi connectivity index (χ4n) is 1.65. The molecule has 0 saturated heterocycles. The Labute approximate surface area is 115 Å². The third-order valence-corrected chi connectivity index (χ3v) is 2.79. The van der Waals surface area contributed by atoms with Crippen LogP contribution in [-0.4, -0.2) is 23.0 Å². The van der Waals surface area contributed by atoms with E-state index in [0.717, 1.165) is 5.56 Å². The first kappa shape index (κ1) is 13.9. The molecule has 2 aromatic rings. The minimum atomic E-state index is -0.309. The third-order valence-electron chi connectivity index (χ3n) is 2.79. The smallest absolute Gasteiger partial charge is 0.316 e. The lowest BCUT2D eigenvalue weighted by Crippen LogP contribution is -2.26. The summed E-state index contributed by atoms with van der Waals surface area (Å²) in [5.41, 5.74) is 1.15. The number of hydrogen-bond acceptors (Lipinski definition) is 4. The van der Waals surface area contributed by atoms with Crippen molar-refractivity contribution < 1.29 is 13.9 Å². The van der Waals surface area contributed by atoms with Crippen molar-refractivity contribution in [2.45, 2.75) is 13.0 Å². The number of halogens is 1. The van der Waals surface area contributed by atoms with Gasteiger partial charge in [0.15, 0.2) is 0 Å². The van der Waals surface area contributed by atoms with Crippen LogP contribution in [0.5, 0.6) is 6.01 Å². The Kier molecular flexibility index (Phi) is 4.24. The van der Waals surface area contributed by atoms with Gasteiger partial charge < -0.3 is 10.1 Å². The molecule has 1 aromatic carbocycles. The third kappa shape index (κ3) is 3.28. The van der Waals surface area contributed by atoms with Gasteiger partial charge in [-0.25, -0.2) is 14.4 Å². The highest BCUT2D eigenvalue weighted by Crippen LogP contribution is 2.13. The molecule has 0 spiro atoms. The molecule has 0 aliphatic rings. The van der Waals surface area contributed by atoms with E-state index in [9.17, 15) is 9.18 Å². The number of hydrogen-bond donors (Lipinski definition) is 1. The second-order valence-electron chi connectivity index (χ2n) is 4.21. The normalized spacial score (nSPS) is 11.8. The number of benzene rings is 1. The molecule has 1 N–H and O–H groups in total. The first-order valence-corrected chi connectivity index (χ1v) is 6.02. The van der Waals surface area contributed by atoms with Gasteiger partial charge in [-0.3, -0.25) is 4.79 Å². The molecule has 1 aromatic heterocycles. The van der Waals surface area contributed by atoms with Gasteiger partial charge in [-0.05, 0) is 24.6 Å². The number of methoxy groups -OCH3 is 1. The zero-order valence-electron chi connectivity index (χ0n) is 11.1. The molecule has 1 amide bonds. The van der Waals surface area contributed by atoms with Gasteiger partial charge in [-0.1, -0.05) is 12.1 Å². The van der Waals surface area contributed by atoms with Gasteiger partial charge in [0.25, 0.3) is 5.91 Å². The van der Waals surface area contributed by atoms with Gasteiger partial charge in [0.1, 0.15) is 5.82 Å². The molecular formula is C14H14FN3O2. The molecule has 0 aliphatic heterocycles. The van der Waals surface area contributed by atoms with Gasteiger partial charge >= 0.3 is 6.01 Å². The monoisotopic (exact) mass is 275 g/mol. The van der Waals surface area contributed by atoms with E-state index in [1.807, 2.05) is 6.92 Å². The van der Waals surface area contributed by atoms with Crippen LogP contribution in [0.15, 0.2) is 36.7 Å². The van der Waals surface area contributed by atoms with Crippen LogP contribution in [0.4, 0.5) is 4.39 Å². The highest BCUT2D eigenvalue weighted by atomic mass is 19.1. The van der Waals surface area contributed by atoms with Crippen molar-refractivity contribution in [1.29, 1.82) is 0 Å². The first-order valence-electron chi connectivity index (χ1n) is 6.02. The van der Waals surface area contributed by atoms with Crippen molar-refractivity contribution >= 4 is 5.91 Å². The number of aromatic nitrogens is 2. The van der Waals surface area contributed by atoms with Crippen molar-refractivity contribution in [1.82, 2.24) is 15.3 Å². The summed E-state index contributed by atoms with van der Waals surface area (Å²) in [6.07, 6.45) is 2.77. The topological polar surface area (TPSA) is 64.1 Å². The second-order valence-corrected chi connectivity index (χ2v) is 4.21. The molecule has 6 heteroatoms. The zero-order valence-corrected chi connectivity index (χ0v) is 11.1. The van der Waals surface area contributed by atoms with Gasteiger partial charge in [-0.2, -0.15) is 0 Å². The van der Waals surface area contributed by atoms with Crippen molar-refractivity contribution in [3.05, 3.63) is 53.6 Å². The standard InChI is InChI=1S/C14H14FN3O2/c1-9(10-3-5-12(15)6-4-10)18-13(19)11-7-16-14(20-2)17-8-11/h3-9H,1-2H3,(H,18,19). The quantitative estimate of drug-likeness (QED) is 0.928. The fraction of sp³-hybridized carbons (Fsp3) is 0.214. The Morgan fingerprint density at radius 3 is 2.40 bits per heavy atom. The van der Waals surface area contributed by atoms with Gasteiger partial charge in [0, 0.05) is 12.4 Å². The SMILES string of the molecule is COc1ncc(C(=O)NC(C)c2ccc(F)cc2)cn1. The van der Waals surface area contributed by atoms with Crippen LogP contribution < -0.4 is 10.1 Å². The highest BCUT2D eigenvalue weighted by Gasteiger charge is 2.12. The Morgan fingerprint density at radius 2 is 1.85 bits per heavy atom. The lowest BCUT2D eigenvalue weighted by atomic mass is 10.1. The number of carbonyl (C=O) groups is 1. The van der Waals surface area contributed by atoms with Crippen molar-refractivity contribution in [3.8, 4) is 6.01 Å². The Balaban J connectivity index is 2.04. The summed E-state index contributed by atoms with van der Waals surface area (Å²) >= 11 is 0. The molecule has 20 heavy (non-hydrogen) atoms. The van der Waals surface area contributed by atoms with E-state index in [4.69, 9.17) is 4.74 Å². The summed E-state index contributed by atoms with van der Waals surface area (Å²) < 4.78 is 17.7. The van der Waals surface area contributed by atoms with E-state index in [-0.39, 0.29) is 23.8 Å².